The fraction of sp³-hybridized carbons (Fsp3) is 0.174. The van der Waals surface area contributed by atoms with Crippen molar-refractivity contribution in [2.24, 2.45) is 0 Å². The van der Waals surface area contributed by atoms with Crippen LogP contribution in [0.1, 0.15) is 10.4 Å². The SMILES string of the molecule is O=C(c1cccc2ccccc12)N1CCN(c2ccc(-c3ccco3)nn2)CC1. The topological polar surface area (TPSA) is 62.5 Å². The lowest BCUT2D eigenvalue weighted by atomic mass is 10.0. The van der Waals surface area contributed by atoms with Crippen LogP contribution >= 0.6 is 0 Å². The molecule has 1 aliphatic heterocycles. The van der Waals surface area contributed by atoms with Crippen LogP contribution in [0.4, 0.5) is 5.82 Å². The van der Waals surface area contributed by atoms with Gasteiger partial charge in [-0.1, -0.05) is 36.4 Å². The molecular formula is C23H20N4O2. The molecule has 5 rings (SSSR count). The molecule has 1 saturated heterocycles. The zero-order chi connectivity index (χ0) is 19.6. The summed E-state index contributed by atoms with van der Waals surface area (Å²) in [6.45, 7) is 2.77. The number of anilines is 1. The summed E-state index contributed by atoms with van der Waals surface area (Å²) in [5.41, 5.74) is 1.47. The molecule has 4 aromatic rings. The highest BCUT2D eigenvalue weighted by Crippen LogP contribution is 2.22. The van der Waals surface area contributed by atoms with E-state index in [2.05, 4.69) is 15.1 Å². The van der Waals surface area contributed by atoms with E-state index in [-0.39, 0.29) is 5.91 Å². The second-order valence-corrected chi connectivity index (χ2v) is 7.06. The predicted molar refractivity (Wildman–Crippen MR) is 112 cm³/mol. The van der Waals surface area contributed by atoms with Crippen molar-refractivity contribution in [1.29, 1.82) is 0 Å². The van der Waals surface area contributed by atoms with Gasteiger partial charge in [-0.05, 0) is 41.1 Å². The average molecular weight is 384 g/mol. The van der Waals surface area contributed by atoms with Gasteiger partial charge in [0, 0.05) is 31.7 Å². The minimum absolute atomic E-state index is 0.0840. The van der Waals surface area contributed by atoms with Crippen LogP contribution in [0.15, 0.2) is 77.4 Å². The summed E-state index contributed by atoms with van der Waals surface area (Å²) < 4.78 is 5.36. The van der Waals surface area contributed by atoms with Crippen LogP contribution < -0.4 is 4.90 Å². The fourth-order valence-corrected chi connectivity index (χ4v) is 3.77. The third-order valence-corrected chi connectivity index (χ3v) is 5.34. The van der Waals surface area contributed by atoms with E-state index in [1.165, 1.54) is 0 Å². The summed E-state index contributed by atoms with van der Waals surface area (Å²) in [5.74, 6) is 1.60. The van der Waals surface area contributed by atoms with E-state index in [1.54, 1.807) is 6.26 Å². The molecule has 29 heavy (non-hydrogen) atoms. The molecule has 0 spiro atoms. The molecule has 1 amide bonds. The fourth-order valence-electron chi connectivity index (χ4n) is 3.77. The normalized spacial score (nSPS) is 14.3. The van der Waals surface area contributed by atoms with Crippen molar-refractivity contribution in [3.63, 3.8) is 0 Å². The minimum atomic E-state index is 0.0840. The Morgan fingerprint density at radius 1 is 0.828 bits per heavy atom. The minimum Gasteiger partial charge on any atom is -0.463 e. The van der Waals surface area contributed by atoms with E-state index in [0.717, 1.165) is 35.2 Å². The van der Waals surface area contributed by atoms with Crippen LogP contribution in [0.2, 0.25) is 0 Å². The van der Waals surface area contributed by atoms with Crippen molar-refractivity contribution in [3.05, 3.63) is 78.6 Å². The number of nitrogens with zero attached hydrogens (tertiary/aromatic N) is 4. The molecule has 0 radical (unpaired) electrons. The summed E-state index contributed by atoms with van der Waals surface area (Å²) in [6.07, 6.45) is 1.62. The van der Waals surface area contributed by atoms with Gasteiger partial charge >= 0.3 is 0 Å². The molecule has 0 saturated carbocycles. The highest BCUT2D eigenvalue weighted by Gasteiger charge is 2.24. The van der Waals surface area contributed by atoms with Crippen LogP contribution in [0, 0.1) is 0 Å². The van der Waals surface area contributed by atoms with Gasteiger partial charge in [0.25, 0.3) is 5.91 Å². The third kappa shape index (κ3) is 3.33. The second-order valence-electron chi connectivity index (χ2n) is 7.06. The average Bonchev–Trinajstić information content (AvgIpc) is 3.33. The quantitative estimate of drug-likeness (QED) is 0.537. The molecule has 1 aliphatic rings. The van der Waals surface area contributed by atoms with Crippen LogP contribution in [0.5, 0.6) is 0 Å². The van der Waals surface area contributed by atoms with E-state index in [1.807, 2.05) is 71.6 Å². The zero-order valence-corrected chi connectivity index (χ0v) is 15.9. The molecule has 2 aromatic heterocycles. The Labute approximate surface area is 168 Å². The number of hydrogen-bond donors (Lipinski definition) is 0. The first-order valence-corrected chi connectivity index (χ1v) is 9.69. The number of furan rings is 1. The molecule has 6 nitrogen and oxygen atoms in total. The number of hydrogen-bond acceptors (Lipinski definition) is 5. The van der Waals surface area contributed by atoms with Gasteiger partial charge in [-0.15, -0.1) is 10.2 Å². The Balaban J connectivity index is 1.28. The summed E-state index contributed by atoms with van der Waals surface area (Å²) >= 11 is 0. The van der Waals surface area contributed by atoms with Gasteiger partial charge in [-0.3, -0.25) is 4.79 Å². The van der Waals surface area contributed by atoms with Crippen molar-refractivity contribution in [3.8, 4) is 11.5 Å². The van der Waals surface area contributed by atoms with Crippen LogP contribution in [0.3, 0.4) is 0 Å². The van der Waals surface area contributed by atoms with Crippen molar-refractivity contribution in [2.45, 2.75) is 0 Å². The van der Waals surface area contributed by atoms with Crippen LogP contribution in [0.25, 0.3) is 22.2 Å². The first-order chi connectivity index (χ1) is 14.3. The van der Waals surface area contributed by atoms with Gasteiger partial charge in [0.2, 0.25) is 0 Å². The first kappa shape index (κ1) is 17.4. The van der Waals surface area contributed by atoms with Gasteiger partial charge < -0.3 is 14.2 Å². The van der Waals surface area contributed by atoms with E-state index in [9.17, 15) is 4.79 Å². The highest BCUT2D eigenvalue weighted by atomic mass is 16.3. The molecule has 0 N–H and O–H groups in total. The van der Waals surface area contributed by atoms with Gasteiger partial charge in [0.05, 0.1) is 6.26 Å². The Bertz CT molecular complexity index is 1130. The summed E-state index contributed by atoms with van der Waals surface area (Å²) in [6, 6.07) is 21.5. The second kappa shape index (κ2) is 7.39. The molecule has 0 unspecified atom stereocenters. The number of benzene rings is 2. The number of aromatic nitrogens is 2. The number of carbonyl (C=O) groups excluding carboxylic acids is 1. The molecule has 6 heteroatoms. The monoisotopic (exact) mass is 384 g/mol. The van der Waals surface area contributed by atoms with Crippen molar-refractivity contribution in [1.82, 2.24) is 15.1 Å². The summed E-state index contributed by atoms with van der Waals surface area (Å²) in [5, 5.41) is 10.7. The number of piperazine rings is 1. The van der Waals surface area contributed by atoms with E-state index in [4.69, 9.17) is 4.42 Å². The molecule has 144 valence electrons. The van der Waals surface area contributed by atoms with Gasteiger partial charge in [0.15, 0.2) is 11.6 Å². The lowest BCUT2D eigenvalue weighted by Crippen LogP contribution is -2.49. The third-order valence-electron chi connectivity index (χ3n) is 5.34. The Morgan fingerprint density at radius 3 is 2.41 bits per heavy atom. The number of carbonyl (C=O) groups is 1. The molecular weight excluding hydrogens is 364 g/mol. The van der Waals surface area contributed by atoms with Crippen LogP contribution in [-0.4, -0.2) is 47.2 Å². The molecule has 0 bridgehead atoms. The Hall–Kier alpha value is -3.67. The maximum absolute atomic E-state index is 13.1. The number of fused-ring (bicyclic) bond motifs is 1. The molecule has 1 fully saturated rings. The van der Waals surface area contributed by atoms with Crippen LogP contribution in [-0.2, 0) is 0 Å². The smallest absolute Gasteiger partial charge is 0.254 e. The van der Waals surface area contributed by atoms with E-state index in [0.29, 0.717) is 24.5 Å². The van der Waals surface area contributed by atoms with Gasteiger partial charge in [-0.2, -0.15) is 0 Å². The number of amides is 1. The maximum atomic E-state index is 13.1. The van der Waals surface area contributed by atoms with Crippen molar-refractivity contribution >= 4 is 22.5 Å². The highest BCUT2D eigenvalue weighted by molar-refractivity contribution is 6.07. The molecule has 3 heterocycles. The van der Waals surface area contributed by atoms with E-state index >= 15 is 0 Å². The van der Waals surface area contributed by atoms with Gasteiger partial charge in [-0.25, -0.2) is 0 Å². The Morgan fingerprint density at radius 2 is 1.66 bits per heavy atom. The van der Waals surface area contributed by atoms with Crippen molar-refractivity contribution in [2.75, 3.05) is 31.1 Å². The molecule has 0 aliphatic carbocycles. The molecule has 0 atom stereocenters. The summed E-state index contributed by atoms with van der Waals surface area (Å²) in [7, 11) is 0. The largest absolute Gasteiger partial charge is 0.463 e. The lowest BCUT2D eigenvalue weighted by molar-refractivity contribution is 0.0748. The standard InChI is InChI=1S/C23H20N4O2/c28-23(19-8-3-6-17-5-1-2-7-18(17)19)27-14-12-26(13-15-27)22-11-10-20(24-25-22)21-9-4-16-29-21/h1-11,16H,12-15H2. The predicted octanol–water partition coefficient (Wildman–Crippen LogP) is 3.85. The molecule has 2 aromatic carbocycles. The number of rotatable bonds is 3. The van der Waals surface area contributed by atoms with E-state index < -0.39 is 0 Å². The first-order valence-electron chi connectivity index (χ1n) is 9.69. The summed E-state index contributed by atoms with van der Waals surface area (Å²) in [4.78, 5) is 17.2. The maximum Gasteiger partial charge on any atom is 0.254 e. The Kier molecular flexibility index (Phi) is 4.44. The van der Waals surface area contributed by atoms with Crippen molar-refractivity contribution < 1.29 is 9.21 Å². The van der Waals surface area contributed by atoms with Gasteiger partial charge in [0.1, 0.15) is 5.69 Å². The zero-order valence-electron chi connectivity index (χ0n) is 15.9. The lowest BCUT2D eigenvalue weighted by Gasteiger charge is -2.35.